The molecule has 1 aliphatic carbocycles. The highest BCUT2D eigenvalue weighted by atomic mass is 32.2. The van der Waals surface area contributed by atoms with Crippen molar-refractivity contribution in [2.24, 2.45) is 5.92 Å². The maximum absolute atomic E-state index is 12.6. The summed E-state index contributed by atoms with van der Waals surface area (Å²) in [4.78, 5) is 14.8. The van der Waals surface area contributed by atoms with Gasteiger partial charge >= 0.3 is 0 Å². The Balaban J connectivity index is 1.86. The average molecular weight is 298 g/mol. The molecule has 2 aliphatic rings. The molecule has 0 aromatic heterocycles. The first-order valence-corrected chi connectivity index (χ1v) is 9.38. The summed E-state index contributed by atoms with van der Waals surface area (Å²) in [7, 11) is 0. The molecule has 2 nitrogen and oxygen atoms in total. The van der Waals surface area contributed by atoms with Crippen LogP contribution in [0.2, 0.25) is 0 Å². The summed E-state index contributed by atoms with van der Waals surface area (Å²) in [6.45, 7) is 7.81. The Labute approximate surface area is 129 Å². The summed E-state index contributed by atoms with van der Waals surface area (Å²) in [6, 6.07) is 0.488. The molecule has 0 bridgehead atoms. The molecular formula is C17H31NOS. The molecule has 1 heterocycles. The van der Waals surface area contributed by atoms with Gasteiger partial charge in [-0.3, -0.25) is 4.79 Å². The lowest BCUT2D eigenvalue weighted by atomic mass is 9.99. The van der Waals surface area contributed by atoms with Gasteiger partial charge in [-0.25, -0.2) is 0 Å². The molecule has 0 N–H and O–H groups in total. The summed E-state index contributed by atoms with van der Waals surface area (Å²) in [5.74, 6) is 2.23. The predicted octanol–water partition coefficient (Wildman–Crippen LogP) is 4.48. The van der Waals surface area contributed by atoms with Crippen LogP contribution in [0.5, 0.6) is 0 Å². The van der Waals surface area contributed by atoms with Crippen LogP contribution in [0.25, 0.3) is 0 Å². The van der Waals surface area contributed by atoms with E-state index in [4.69, 9.17) is 0 Å². The van der Waals surface area contributed by atoms with Gasteiger partial charge in [0.15, 0.2) is 0 Å². The molecule has 0 aromatic carbocycles. The zero-order valence-electron chi connectivity index (χ0n) is 13.5. The largest absolute Gasteiger partial charge is 0.339 e. The molecule has 116 valence electrons. The van der Waals surface area contributed by atoms with Crippen molar-refractivity contribution in [1.29, 1.82) is 0 Å². The molecule has 3 heteroatoms. The van der Waals surface area contributed by atoms with Crippen LogP contribution in [0.4, 0.5) is 0 Å². The lowest BCUT2D eigenvalue weighted by Gasteiger charge is -2.37. The Morgan fingerprint density at radius 1 is 1.10 bits per heavy atom. The molecule has 20 heavy (non-hydrogen) atoms. The van der Waals surface area contributed by atoms with Gasteiger partial charge in [-0.2, -0.15) is 11.8 Å². The van der Waals surface area contributed by atoms with Crippen molar-refractivity contribution in [1.82, 2.24) is 4.90 Å². The van der Waals surface area contributed by atoms with Gasteiger partial charge in [-0.05, 0) is 38.0 Å². The van der Waals surface area contributed by atoms with E-state index in [1.54, 1.807) is 0 Å². The summed E-state index contributed by atoms with van der Waals surface area (Å²) in [6.07, 6.45) is 9.75. The number of piperidine rings is 1. The van der Waals surface area contributed by atoms with Gasteiger partial charge in [0.1, 0.15) is 0 Å². The molecule has 1 aliphatic heterocycles. The fourth-order valence-corrected chi connectivity index (χ4v) is 4.47. The molecule has 1 saturated heterocycles. The van der Waals surface area contributed by atoms with Gasteiger partial charge in [0.25, 0.3) is 0 Å². The number of rotatable bonds is 4. The zero-order chi connectivity index (χ0) is 14.6. The first-order chi connectivity index (χ1) is 9.46. The zero-order valence-corrected chi connectivity index (χ0v) is 14.3. The highest BCUT2D eigenvalue weighted by Gasteiger charge is 2.29. The van der Waals surface area contributed by atoms with Gasteiger partial charge in [0.05, 0.1) is 0 Å². The van der Waals surface area contributed by atoms with Gasteiger partial charge in [0.2, 0.25) is 5.91 Å². The molecule has 1 amide bonds. The monoisotopic (exact) mass is 297 g/mol. The topological polar surface area (TPSA) is 20.3 Å². The molecule has 0 unspecified atom stereocenters. The molecule has 0 radical (unpaired) electrons. The van der Waals surface area contributed by atoms with E-state index >= 15 is 0 Å². The lowest BCUT2D eigenvalue weighted by Crippen LogP contribution is -2.46. The van der Waals surface area contributed by atoms with E-state index in [1.807, 2.05) is 11.8 Å². The average Bonchev–Trinajstić information content (AvgIpc) is 2.88. The second-order valence-electron chi connectivity index (χ2n) is 7.51. The number of hydrogen-bond donors (Lipinski definition) is 0. The van der Waals surface area contributed by atoms with Crippen molar-refractivity contribution in [3.8, 4) is 0 Å². The van der Waals surface area contributed by atoms with Crippen molar-refractivity contribution in [3.05, 3.63) is 0 Å². The van der Waals surface area contributed by atoms with Gasteiger partial charge < -0.3 is 4.90 Å². The molecule has 1 saturated carbocycles. The third-order valence-corrected chi connectivity index (χ3v) is 6.01. The Morgan fingerprint density at radius 3 is 2.40 bits per heavy atom. The molecule has 2 rings (SSSR count). The van der Waals surface area contributed by atoms with Crippen molar-refractivity contribution in [3.63, 3.8) is 0 Å². The summed E-state index contributed by atoms with van der Waals surface area (Å²) in [5, 5.41) is 0. The van der Waals surface area contributed by atoms with Crippen LogP contribution in [0.3, 0.4) is 0 Å². The molecular weight excluding hydrogens is 266 g/mol. The molecule has 0 aromatic rings. The van der Waals surface area contributed by atoms with Gasteiger partial charge in [-0.1, -0.05) is 33.6 Å². The SMILES string of the molecule is CC(C)(C)SC[C@H]1CCCCN1C(=O)CC1CCCC1. The number of amides is 1. The highest BCUT2D eigenvalue weighted by molar-refractivity contribution is 8.00. The fourth-order valence-electron chi connectivity index (χ4n) is 3.43. The second-order valence-corrected chi connectivity index (χ2v) is 9.36. The van der Waals surface area contributed by atoms with E-state index in [2.05, 4.69) is 25.7 Å². The number of likely N-dealkylation sites (tertiary alicyclic amines) is 1. The van der Waals surface area contributed by atoms with E-state index < -0.39 is 0 Å². The Bertz CT molecular complexity index is 317. The standard InChI is InChI=1S/C17H31NOS/c1-17(2,3)20-13-15-10-6-7-11-18(15)16(19)12-14-8-4-5-9-14/h14-15H,4-13H2,1-3H3/t15-/m1/s1. The minimum Gasteiger partial charge on any atom is -0.339 e. The van der Waals surface area contributed by atoms with E-state index in [0.29, 0.717) is 22.6 Å². The van der Waals surface area contributed by atoms with E-state index in [-0.39, 0.29) is 0 Å². The number of thioether (sulfide) groups is 1. The Kier molecular flexibility index (Phi) is 5.83. The van der Waals surface area contributed by atoms with Crippen molar-refractivity contribution >= 4 is 17.7 Å². The number of carbonyl (C=O) groups excluding carboxylic acids is 1. The van der Waals surface area contributed by atoms with Crippen molar-refractivity contribution < 1.29 is 4.79 Å². The van der Waals surface area contributed by atoms with E-state index in [1.165, 1.54) is 44.9 Å². The van der Waals surface area contributed by atoms with Crippen LogP contribution in [0.1, 0.15) is 72.1 Å². The maximum Gasteiger partial charge on any atom is 0.223 e. The summed E-state index contributed by atoms with van der Waals surface area (Å²) >= 11 is 2.01. The van der Waals surface area contributed by atoms with E-state index in [9.17, 15) is 4.79 Å². The van der Waals surface area contributed by atoms with Crippen molar-refractivity contribution in [2.45, 2.75) is 82.9 Å². The Morgan fingerprint density at radius 2 is 1.75 bits per heavy atom. The summed E-state index contributed by atoms with van der Waals surface area (Å²) < 4.78 is 0.303. The van der Waals surface area contributed by atoms with Gasteiger partial charge in [0, 0.05) is 29.5 Å². The smallest absolute Gasteiger partial charge is 0.223 e. The van der Waals surface area contributed by atoms with E-state index in [0.717, 1.165) is 18.7 Å². The predicted molar refractivity (Wildman–Crippen MR) is 88.1 cm³/mol. The van der Waals surface area contributed by atoms with Crippen LogP contribution in [-0.4, -0.2) is 33.9 Å². The van der Waals surface area contributed by atoms with Crippen LogP contribution < -0.4 is 0 Å². The van der Waals surface area contributed by atoms with Crippen LogP contribution in [-0.2, 0) is 4.79 Å². The molecule has 2 fully saturated rings. The molecule has 0 spiro atoms. The second kappa shape index (κ2) is 7.20. The number of nitrogens with zero attached hydrogens (tertiary/aromatic N) is 1. The third kappa shape index (κ3) is 4.98. The summed E-state index contributed by atoms with van der Waals surface area (Å²) in [5.41, 5.74) is 0. The first-order valence-electron chi connectivity index (χ1n) is 8.39. The quantitative estimate of drug-likeness (QED) is 0.762. The molecule has 1 atom stereocenters. The van der Waals surface area contributed by atoms with Crippen LogP contribution in [0.15, 0.2) is 0 Å². The minimum atomic E-state index is 0.303. The van der Waals surface area contributed by atoms with Crippen LogP contribution >= 0.6 is 11.8 Å². The first kappa shape index (κ1) is 16.2. The maximum atomic E-state index is 12.6. The van der Waals surface area contributed by atoms with Crippen molar-refractivity contribution in [2.75, 3.05) is 12.3 Å². The normalized spacial score (nSPS) is 25.1. The fraction of sp³-hybridized carbons (Fsp3) is 0.941. The third-order valence-electron chi connectivity index (χ3n) is 4.59. The Hall–Kier alpha value is -0.180. The van der Waals surface area contributed by atoms with Gasteiger partial charge in [-0.15, -0.1) is 0 Å². The highest BCUT2D eigenvalue weighted by Crippen LogP contribution is 2.31. The minimum absolute atomic E-state index is 0.303. The number of hydrogen-bond acceptors (Lipinski definition) is 2. The lowest BCUT2D eigenvalue weighted by molar-refractivity contribution is -0.135. The number of carbonyl (C=O) groups is 1. The van der Waals surface area contributed by atoms with Crippen LogP contribution in [0, 0.1) is 5.92 Å².